The van der Waals surface area contributed by atoms with Crippen molar-refractivity contribution in [3.05, 3.63) is 17.6 Å². The zero-order valence-corrected chi connectivity index (χ0v) is 15.1. The van der Waals surface area contributed by atoms with Crippen molar-refractivity contribution in [2.45, 2.75) is 59.7 Å². The van der Waals surface area contributed by atoms with E-state index in [1.165, 1.54) is 6.92 Å². The number of ether oxygens (including phenoxy) is 2. The van der Waals surface area contributed by atoms with Crippen LogP contribution in [-0.2, 0) is 9.47 Å². The van der Waals surface area contributed by atoms with Crippen LogP contribution >= 0.6 is 0 Å². The molecule has 0 aliphatic carbocycles. The van der Waals surface area contributed by atoms with E-state index in [0.29, 0.717) is 4.90 Å². The number of halogens is 1. The second-order valence-electron chi connectivity index (χ2n) is 7.27. The summed E-state index contributed by atoms with van der Waals surface area (Å²) >= 11 is 0. The lowest BCUT2D eigenvalue weighted by atomic mass is 10.2. The van der Waals surface area contributed by atoms with Crippen LogP contribution in [0.2, 0.25) is 0 Å². The van der Waals surface area contributed by atoms with E-state index in [2.05, 4.69) is 4.98 Å². The number of carbonyl (C=O) groups is 2. The molecule has 0 atom stereocenters. The number of rotatable bonds is 1. The van der Waals surface area contributed by atoms with Crippen LogP contribution in [0.4, 0.5) is 25.5 Å². The highest BCUT2D eigenvalue weighted by Crippen LogP contribution is 2.26. The first-order valence-corrected chi connectivity index (χ1v) is 7.39. The molecule has 0 radical (unpaired) electrons. The third kappa shape index (κ3) is 5.07. The fraction of sp³-hybridized carbons (Fsp3) is 0.562. The summed E-state index contributed by atoms with van der Waals surface area (Å²) in [5.74, 6) is -0.998. The molecule has 8 heteroatoms. The molecule has 134 valence electrons. The molecule has 0 aliphatic heterocycles. The predicted molar refractivity (Wildman–Crippen MR) is 88.3 cm³/mol. The van der Waals surface area contributed by atoms with Crippen LogP contribution in [0.25, 0.3) is 0 Å². The molecular weight excluding hydrogens is 317 g/mol. The van der Waals surface area contributed by atoms with Gasteiger partial charge in [-0.25, -0.2) is 19.0 Å². The van der Waals surface area contributed by atoms with Crippen molar-refractivity contribution in [1.82, 2.24) is 4.98 Å². The first-order chi connectivity index (χ1) is 10.7. The van der Waals surface area contributed by atoms with E-state index in [0.717, 1.165) is 6.20 Å². The van der Waals surface area contributed by atoms with Gasteiger partial charge in [-0.2, -0.15) is 4.90 Å². The number of anilines is 2. The average molecular weight is 341 g/mol. The maximum atomic E-state index is 14.1. The highest BCUT2D eigenvalue weighted by Gasteiger charge is 2.35. The van der Waals surface area contributed by atoms with E-state index in [1.54, 1.807) is 41.5 Å². The van der Waals surface area contributed by atoms with Crippen LogP contribution in [0.1, 0.15) is 47.1 Å². The molecular formula is C16H24FN3O4. The van der Waals surface area contributed by atoms with Gasteiger partial charge in [0.2, 0.25) is 0 Å². The van der Waals surface area contributed by atoms with Crippen LogP contribution in [0.5, 0.6) is 0 Å². The second kappa shape index (κ2) is 6.62. The highest BCUT2D eigenvalue weighted by molar-refractivity contribution is 6.09. The van der Waals surface area contributed by atoms with E-state index in [9.17, 15) is 14.0 Å². The lowest BCUT2D eigenvalue weighted by Crippen LogP contribution is -2.44. The number of carbonyl (C=O) groups excluding carboxylic acids is 2. The Bertz CT molecular complexity index is 620. The van der Waals surface area contributed by atoms with Crippen molar-refractivity contribution in [2.24, 2.45) is 0 Å². The summed E-state index contributed by atoms with van der Waals surface area (Å²) in [5.41, 5.74) is 3.48. The van der Waals surface area contributed by atoms with Crippen LogP contribution in [0.3, 0.4) is 0 Å². The largest absolute Gasteiger partial charge is 0.443 e. The number of pyridine rings is 1. The third-order valence-electron chi connectivity index (χ3n) is 2.61. The van der Waals surface area contributed by atoms with E-state index in [-0.39, 0.29) is 17.1 Å². The molecule has 7 nitrogen and oxygen atoms in total. The minimum Gasteiger partial charge on any atom is -0.443 e. The van der Waals surface area contributed by atoms with Crippen LogP contribution in [0, 0.1) is 12.7 Å². The van der Waals surface area contributed by atoms with Crippen molar-refractivity contribution < 1.29 is 23.5 Å². The maximum absolute atomic E-state index is 14.1. The molecule has 24 heavy (non-hydrogen) atoms. The van der Waals surface area contributed by atoms with Gasteiger partial charge in [-0.3, -0.25) is 0 Å². The van der Waals surface area contributed by atoms with Crippen LogP contribution in [0.15, 0.2) is 6.20 Å². The fourth-order valence-electron chi connectivity index (χ4n) is 1.69. The number of nitrogens with zero attached hydrogens (tertiary/aromatic N) is 2. The van der Waals surface area contributed by atoms with Gasteiger partial charge in [-0.1, -0.05) is 0 Å². The molecule has 1 heterocycles. The number of aromatic nitrogens is 1. The van der Waals surface area contributed by atoms with Gasteiger partial charge >= 0.3 is 12.2 Å². The second-order valence-corrected chi connectivity index (χ2v) is 7.27. The Morgan fingerprint density at radius 1 is 1.08 bits per heavy atom. The Morgan fingerprint density at radius 2 is 1.50 bits per heavy atom. The molecule has 0 unspecified atom stereocenters. The smallest absolute Gasteiger partial charge is 0.425 e. The molecule has 0 aromatic carbocycles. The fourth-order valence-corrected chi connectivity index (χ4v) is 1.69. The summed E-state index contributed by atoms with van der Waals surface area (Å²) in [4.78, 5) is 29.4. The van der Waals surface area contributed by atoms with Crippen molar-refractivity contribution >= 4 is 23.7 Å². The van der Waals surface area contributed by atoms with Gasteiger partial charge in [0, 0.05) is 5.56 Å². The van der Waals surface area contributed by atoms with E-state index >= 15 is 0 Å². The lowest BCUT2D eigenvalue weighted by molar-refractivity contribution is 0.0428. The molecule has 0 fully saturated rings. The average Bonchev–Trinajstić information content (AvgIpc) is 2.35. The minimum atomic E-state index is -1.02. The zero-order chi connectivity index (χ0) is 18.9. The molecule has 1 aromatic heterocycles. The summed E-state index contributed by atoms with van der Waals surface area (Å²) < 4.78 is 24.5. The SMILES string of the molecule is Cc1c(N(C(=O)OC(C)(C)C)C(=O)OC(C)(C)C)ncc(N)c1F. The monoisotopic (exact) mass is 341 g/mol. The number of nitrogen functional groups attached to an aromatic ring is 1. The summed E-state index contributed by atoms with van der Waals surface area (Å²) in [7, 11) is 0. The van der Waals surface area contributed by atoms with Gasteiger partial charge in [0.05, 0.1) is 11.9 Å². The number of amides is 2. The standard InChI is InChI=1S/C16H24FN3O4/c1-9-11(17)10(18)8-19-12(9)20(13(21)23-15(2,3)4)14(22)24-16(5,6)7/h8H,18H2,1-7H3. The summed E-state index contributed by atoms with van der Waals surface area (Å²) in [6.45, 7) is 11.2. The van der Waals surface area contributed by atoms with Crippen molar-refractivity contribution in [3.63, 3.8) is 0 Å². The molecule has 2 N–H and O–H groups in total. The van der Waals surface area contributed by atoms with E-state index in [1.807, 2.05) is 0 Å². The van der Waals surface area contributed by atoms with Crippen molar-refractivity contribution in [2.75, 3.05) is 10.6 Å². The predicted octanol–water partition coefficient (Wildman–Crippen LogP) is 3.79. The lowest BCUT2D eigenvalue weighted by Gasteiger charge is -2.28. The summed E-state index contributed by atoms with van der Waals surface area (Å²) in [6, 6.07) is 0. The topological polar surface area (TPSA) is 94.8 Å². The van der Waals surface area contributed by atoms with Crippen LogP contribution in [-0.4, -0.2) is 28.4 Å². The maximum Gasteiger partial charge on any atom is 0.425 e. The van der Waals surface area contributed by atoms with E-state index in [4.69, 9.17) is 15.2 Å². The first kappa shape index (κ1) is 19.7. The van der Waals surface area contributed by atoms with Gasteiger partial charge in [-0.05, 0) is 48.5 Å². The van der Waals surface area contributed by atoms with Gasteiger partial charge in [0.1, 0.15) is 11.2 Å². The van der Waals surface area contributed by atoms with E-state index < -0.39 is 29.2 Å². The molecule has 0 bridgehead atoms. The Balaban J connectivity index is 3.36. The normalized spacial score (nSPS) is 11.8. The molecule has 1 rings (SSSR count). The number of hydrogen-bond donors (Lipinski definition) is 1. The molecule has 0 saturated carbocycles. The molecule has 0 saturated heterocycles. The van der Waals surface area contributed by atoms with Crippen LogP contribution < -0.4 is 10.6 Å². The molecule has 1 aromatic rings. The molecule has 0 spiro atoms. The van der Waals surface area contributed by atoms with Crippen molar-refractivity contribution in [1.29, 1.82) is 0 Å². The Labute approximate surface area is 140 Å². The Morgan fingerprint density at radius 3 is 1.88 bits per heavy atom. The summed E-state index contributed by atoms with van der Waals surface area (Å²) in [6.07, 6.45) is -1.01. The van der Waals surface area contributed by atoms with Gasteiger partial charge in [-0.15, -0.1) is 0 Å². The number of imide groups is 1. The van der Waals surface area contributed by atoms with Gasteiger partial charge in [0.25, 0.3) is 0 Å². The highest BCUT2D eigenvalue weighted by atomic mass is 19.1. The van der Waals surface area contributed by atoms with Gasteiger partial charge < -0.3 is 15.2 Å². The molecule has 2 amide bonds. The number of hydrogen-bond acceptors (Lipinski definition) is 6. The Hall–Kier alpha value is -2.38. The zero-order valence-electron chi connectivity index (χ0n) is 15.1. The number of nitrogens with two attached hydrogens (primary N) is 1. The quantitative estimate of drug-likeness (QED) is 0.835. The first-order valence-electron chi connectivity index (χ1n) is 7.39. The summed E-state index contributed by atoms with van der Waals surface area (Å²) in [5, 5.41) is 0. The third-order valence-corrected chi connectivity index (χ3v) is 2.61. The Kier molecular flexibility index (Phi) is 5.43. The van der Waals surface area contributed by atoms with Crippen molar-refractivity contribution in [3.8, 4) is 0 Å². The minimum absolute atomic E-state index is 0.0632. The molecule has 0 aliphatic rings. The van der Waals surface area contributed by atoms with Gasteiger partial charge in [0.15, 0.2) is 11.6 Å².